The molecular formula is C106H160F3N11O27. The lowest BCUT2D eigenvalue weighted by Gasteiger charge is -2.62. The molecule has 147 heavy (non-hydrogen) atoms. The quantitative estimate of drug-likeness (QED) is 0.0226. The molecule has 38 nitrogen and oxygen atoms in total. The molecule has 27 atom stereocenters. The van der Waals surface area contributed by atoms with Crippen LogP contribution in [0.25, 0.3) is 0 Å². The second-order valence-electron chi connectivity index (χ2n) is 43.1. The summed E-state index contributed by atoms with van der Waals surface area (Å²) in [6.45, 7) is 22.7. The standard InChI is InChI=1S/C35H51FN4O9.C34H49FN4O9.C26H34FNO8.C9H20N2O.C2H6/c1-20-16-25-24-10-9-22-17-23(42)11-13-32(22,3)34(24,36)27(43)18-33(25,4)35(20,48)28(44)19-49-31(47)39-15-12-29(45)38-14-7-6-8-26(30(46)37-5)40-21(2)41;1-19-15-24-23-9-8-21-16-22(41)10-12-31(21,3)33(23,35)26(42)17-32(24,4)34(19,47)27(43)18-48-30(46)38-14-11-28(44)37-13-6-5-7-25(29(36)45)39-20(2)40;1-14-10-18-17-5-4-15-11-16(29)6-8-23(15,2)25(17,27)19(30)12-24(18,3)26(14,35)20(31)13-36-22(34)28-9-7-21(32)33;1-3-9(12)8(11-2)6-4-5-7-10;1-2/h11,13,17,20,24-27,43,48H,6-10,12,14-16,18-19H2,1-5H3,(H,37,46)(H,38,45)(H,39,47)(H,40,41);10,12,16,19,23-26,42,47H,5-9,11,13-15,17-18H2,1-4H3,(H2,36,45)(H,37,44)(H,38,46)(H,39,40);6,8,11,14,17-19,30,35H,4-5,7,9-10,12-13H2,1-3H3,(H,28,34)(H,32,33);8,11H,3-7,10H2,1-2H3;1-2H3/t20-,24+,25+,26+,27+,32+,33+,34+,35+;19-,23+,24+,25+,26+,31+,32+,33+,34+;14-,17+,18+,19+,23+,24+,25+,26+;8-;/m1110./s1. The van der Waals surface area contributed by atoms with Crippen molar-refractivity contribution in [1.29, 1.82) is 0 Å². The molecule has 0 saturated heterocycles. The van der Waals surface area contributed by atoms with Crippen LogP contribution in [0.1, 0.15) is 257 Å². The number of alkyl carbamates (subject to hydrolysis) is 3. The smallest absolute Gasteiger partial charge is 0.407 e. The number of ketones is 7. The molecule has 20 N–H and O–H groups in total. The van der Waals surface area contributed by atoms with Gasteiger partial charge < -0.3 is 109 Å². The summed E-state index contributed by atoms with van der Waals surface area (Å²) in [7, 11) is 3.32. The lowest BCUT2D eigenvalue weighted by molar-refractivity contribution is -0.219. The second kappa shape index (κ2) is 50.1. The number of aliphatic hydroxyl groups is 6. The fourth-order valence-corrected chi connectivity index (χ4v) is 27.1. The minimum Gasteiger partial charge on any atom is -0.481 e. The Labute approximate surface area is 858 Å². The van der Waals surface area contributed by atoms with Gasteiger partial charge in [-0.05, 0) is 235 Å². The summed E-state index contributed by atoms with van der Waals surface area (Å²) in [6.07, 6.45) is 14.7. The molecule has 9 saturated carbocycles. The molecule has 0 bridgehead atoms. The number of Topliss-reactive ketones (excluding diaryl/α,β-unsaturated/α-hetero) is 4. The minimum absolute atomic E-state index is 0.0431. The van der Waals surface area contributed by atoms with Gasteiger partial charge in [-0.1, -0.05) is 104 Å². The Balaban J connectivity index is 0.000000254. The number of nitrogens with two attached hydrogens (primary N) is 2. The number of amides is 9. The molecule has 12 aliphatic carbocycles. The molecule has 12 rings (SSSR count). The normalized spacial score (nSPS) is 35.0. The average Bonchev–Trinajstić information content (AvgIpc) is 1.56. The first-order chi connectivity index (χ1) is 68.8. The number of carboxylic acids is 1. The van der Waals surface area contributed by atoms with E-state index in [2.05, 4.69) is 47.9 Å². The zero-order valence-electron chi connectivity index (χ0n) is 88.0. The Bertz CT molecular complexity index is 5090. The van der Waals surface area contributed by atoms with E-state index < -0.39 is 217 Å². The number of carbonyl (C=O) groups excluding carboxylic acids is 16. The van der Waals surface area contributed by atoms with E-state index in [0.717, 1.165) is 25.8 Å². The van der Waals surface area contributed by atoms with Gasteiger partial charge in [0.1, 0.15) is 34.7 Å². The number of unbranched alkanes of at least 4 members (excludes halogenated alkanes) is 3. The van der Waals surface area contributed by atoms with Gasteiger partial charge in [0.25, 0.3) is 0 Å². The number of carboxylic acid groups (broad SMARTS) is 1. The number of ether oxygens (including phenoxy) is 3. The highest BCUT2D eigenvalue weighted by Gasteiger charge is 2.80. The molecule has 0 aromatic heterocycles. The van der Waals surface area contributed by atoms with Crippen LogP contribution in [0.15, 0.2) is 71.4 Å². The number of alkyl halides is 3. The Morgan fingerprint density at radius 3 is 1.05 bits per heavy atom. The summed E-state index contributed by atoms with van der Waals surface area (Å²) in [5.41, 5.74) is -6.78. The molecule has 41 heteroatoms. The van der Waals surface area contributed by atoms with Crippen LogP contribution < -0.4 is 59.3 Å². The topological polar surface area (TPSA) is 620 Å². The maximum Gasteiger partial charge on any atom is 0.407 e. The van der Waals surface area contributed by atoms with Crippen molar-refractivity contribution < 1.29 is 145 Å². The molecule has 9 fully saturated rings. The molecule has 9 amide bonds. The predicted molar refractivity (Wildman–Crippen MR) is 533 cm³/mol. The number of likely N-dealkylation sites (N-methyl/N-ethyl adjacent to an activating group) is 2. The molecule has 0 unspecified atom stereocenters. The van der Waals surface area contributed by atoms with Gasteiger partial charge in [0, 0.05) is 123 Å². The number of carbonyl (C=O) groups is 17. The van der Waals surface area contributed by atoms with Gasteiger partial charge in [-0.15, -0.1) is 0 Å². The number of primary amides is 1. The summed E-state index contributed by atoms with van der Waals surface area (Å²) in [4.78, 5) is 205. The number of fused-ring (bicyclic) bond motifs is 15. The molecule has 0 spiro atoms. The summed E-state index contributed by atoms with van der Waals surface area (Å²) in [6, 6.07) is -1.39. The highest BCUT2D eigenvalue weighted by molar-refractivity contribution is 6.03. The Morgan fingerprint density at radius 1 is 0.449 bits per heavy atom. The van der Waals surface area contributed by atoms with Crippen molar-refractivity contribution >= 4 is 100 Å². The first kappa shape index (κ1) is 122. The van der Waals surface area contributed by atoms with E-state index in [-0.39, 0.29) is 111 Å². The van der Waals surface area contributed by atoms with Crippen molar-refractivity contribution in [3.8, 4) is 0 Å². The Morgan fingerprint density at radius 2 is 0.755 bits per heavy atom. The second-order valence-corrected chi connectivity index (χ2v) is 43.1. The maximum atomic E-state index is 17.3. The van der Waals surface area contributed by atoms with Gasteiger partial charge in [-0.25, -0.2) is 27.6 Å². The third kappa shape index (κ3) is 24.3. The molecule has 0 aliphatic heterocycles. The van der Waals surface area contributed by atoms with E-state index >= 15 is 13.2 Å². The number of hydrogen-bond donors (Lipinski definition) is 18. The monoisotopic (exact) mass is 2080 g/mol. The molecule has 822 valence electrons. The average molecular weight is 2080 g/mol. The molecular weight excluding hydrogens is 1920 g/mol. The highest BCUT2D eigenvalue weighted by Crippen LogP contribution is 2.75. The van der Waals surface area contributed by atoms with E-state index in [4.69, 9.17) is 30.8 Å². The van der Waals surface area contributed by atoms with Crippen LogP contribution in [0.5, 0.6) is 0 Å². The number of aliphatic hydroxyl groups excluding tert-OH is 3. The van der Waals surface area contributed by atoms with Crippen LogP contribution in [0, 0.1) is 85.8 Å². The van der Waals surface area contributed by atoms with Crippen molar-refractivity contribution in [1.82, 2.24) is 47.9 Å². The summed E-state index contributed by atoms with van der Waals surface area (Å²) in [5.74, 6) is -11.1. The summed E-state index contributed by atoms with van der Waals surface area (Å²) < 4.78 is 67.0. The Hall–Kier alpha value is -10.3. The van der Waals surface area contributed by atoms with Crippen LogP contribution in [-0.4, -0.2) is 279 Å². The zero-order chi connectivity index (χ0) is 110. The zero-order valence-corrected chi connectivity index (χ0v) is 88.0. The highest BCUT2D eigenvalue weighted by atomic mass is 19.2. The van der Waals surface area contributed by atoms with Crippen LogP contribution in [0.3, 0.4) is 0 Å². The fourth-order valence-electron chi connectivity index (χ4n) is 27.1. The number of halogens is 3. The van der Waals surface area contributed by atoms with Gasteiger partial charge in [0.15, 0.2) is 54.2 Å². The van der Waals surface area contributed by atoms with Gasteiger partial charge in [0.05, 0.1) is 30.8 Å². The molecule has 0 aromatic carbocycles. The number of aliphatic carboxylic acids is 1. The SMILES string of the molecule is CC.CC(=O)N[C@@H](CCCCNC(=O)CCNC(=O)OCC(=O)[C@@]1(O)[C@H](C)C[C@H]2[C@@H]3CCC4=CC(=O)C=C[C@]4(C)[C@@]3(F)[C@@H](O)C[C@@]21C)C(N)=O.CCC(=O)[C@H](CCCCN)NC.CNC(=O)[C@H](CCCCNC(=O)CCNC(=O)OCC(=O)[C@@]1(O)[C@H](C)C[C@H]2[C@@H]3CCC4=CC(=O)C=C[C@]4(C)[C@@]3(F)[C@@H](O)C[C@@]21C)NC(C)=O.C[C@@H]1C[C@H]2[C@@H]3CCC4=CC(=O)C=C[C@]4(C)[C@@]3(F)[C@@H](O)C[C@]2(C)[C@@]1(O)C(=O)COC(=O)NCCC(=O)O. The van der Waals surface area contributed by atoms with E-state index in [1.165, 1.54) is 57.4 Å². The Kier molecular flexibility index (Phi) is 41.5. The largest absolute Gasteiger partial charge is 0.481 e. The van der Waals surface area contributed by atoms with Crippen molar-refractivity contribution in [3.05, 3.63) is 71.4 Å². The fraction of sp³-hybridized carbons (Fsp3) is 0.726. The predicted octanol–water partition coefficient (Wildman–Crippen LogP) is 6.67. The van der Waals surface area contributed by atoms with Crippen molar-refractivity contribution in [3.63, 3.8) is 0 Å². The number of allylic oxidation sites excluding steroid dienone is 12. The van der Waals surface area contributed by atoms with Gasteiger partial charge in [0.2, 0.25) is 52.8 Å². The van der Waals surface area contributed by atoms with Gasteiger partial charge in [-0.2, -0.15) is 0 Å². The van der Waals surface area contributed by atoms with Gasteiger partial charge in [-0.3, -0.25) is 67.1 Å². The van der Waals surface area contributed by atoms with Crippen LogP contribution in [0.4, 0.5) is 27.6 Å². The molecule has 0 aromatic rings. The third-order valence-corrected chi connectivity index (χ3v) is 35.0. The third-order valence-electron chi connectivity index (χ3n) is 35.0. The number of nitrogens with one attached hydrogen (secondary N) is 9. The maximum absolute atomic E-state index is 17.3. The van der Waals surface area contributed by atoms with E-state index in [1.54, 1.807) is 80.5 Å². The van der Waals surface area contributed by atoms with Crippen molar-refractivity contribution in [2.45, 2.75) is 328 Å². The van der Waals surface area contributed by atoms with E-state index in [1.807, 2.05) is 27.8 Å². The van der Waals surface area contributed by atoms with E-state index in [0.29, 0.717) is 138 Å². The molecule has 0 radical (unpaired) electrons. The minimum atomic E-state index is -2.10. The van der Waals surface area contributed by atoms with Crippen molar-refractivity contribution in [2.75, 3.05) is 73.2 Å². The van der Waals surface area contributed by atoms with Crippen LogP contribution in [0.2, 0.25) is 0 Å². The summed E-state index contributed by atoms with van der Waals surface area (Å²) in [5, 5.41) is 102. The van der Waals surface area contributed by atoms with Crippen LogP contribution >= 0.6 is 0 Å². The lowest BCUT2D eigenvalue weighted by Crippen LogP contribution is -2.69. The van der Waals surface area contributed by atoms with E-state index in [9.17, 15) is 112 Å². The first-order valence-electron chi connectivity index (χ1n) is 52.0. The van der Waals surface area contributed by atoms with Crippen molar-refractivity contribution in [2.24, 2.45) is 97.2 Å². The molecule has 12 aliphatic rings. The number of hydrogen-bond acceptors (Lipinski definition) is 28. The number of rotatable bonds is 39. The summed E-state index contributed by atoms with van der Waals surface area (Å²) >= 11 is 0. The lowest BCUT2D eigenvalue weighted by atomic mass is 9.44. The van der Waals surface area contributed by atoms with Gasteiger partial charge >= 0.3 is 24.2 Å². The first-order valence-corrected chi connectivity index (χ1v) is 52.0. The molecule has 0 heterocycles. The van der Waals surface area contributed by atoms with Crippen LogP contribution in [-0.2, 0) is 81.3 Å².